The summed E-state index contributed by atoms with van der Waals surface area (Å²) in [5.41, 5.74) is 8.35. The molecule has 0 bridgehead atoms. The Balaban J connectivity index is 4.98. The Kier molecular flexibility index (Phi) is 10.9. The zero-order chi connectivity index (χ0) is 19.7. The van der Waals surface area contributed by atoms with Crippen molar-refractivity contribution in [1.29, 1.82) is 0 Å². The van der Waals surface area contributed by atoms with E-state index in [1.54, 1.807) is 0 Å². The van der Waals surface area contributed by atoms with Crippen molar-refractivity contribution in [1.82, 2.24) is 0 Å². The monoisotopic (exact) mass is 380 g/mol. The van der Waals surface area contributed by atoms with E-state index in [0.29, 0.717) is 23.0 Å². The Morgan fingerprint density at radius 2 is 1.60 bits per heavy atom. The van der Waals surface area contributed by atoms with Crippen LogP contribution in [-0.4, -0.2) is 34.7 Å². The van der Waals surface area contributed by atoms with Crippen molar-refractivity contribution in [3.8, 4) is 11.5 Å². The molecule has 2 nitrogen and oxygen atoms in total. The zero-order valence-corrected chi connectivity index (χ0v) is 19.8. The summed E-state index contributed by atoms with van der Waals surface area (Å²) in [7, 11) is -3.40. The van der Waals surface area contributed by atoms with Crippen molar-refractivity contribution in [2.75, 3.05) is 13.2 Å². The highest BCUT2D eigenvalue weighted by molar-refractivity contribution is 6.89. The standard InChI is InChI=1S/C21H40O2Si2/c1-10-24(8,9)17-11-12-21(13-15-22)14-16-23-25(18(2)3,19(4)5)20(6)7/h10,13,18-20,22H,1,12,14-16H2,2-9H3/b21-13-. The summed E-state index contributed by atoms with van der Waals surface area (Å²) in [5.74, 6) is 3.29. The van der Waals surface area contributed by atoms with Crippen LogP contribution < -0.4 is 0 Å². The molecule has 0 aromatic rings. The van der Waals surface area contributed by atoms with Gasteiger partial charge in [-0.05, 0) is 23.0 Å². The molecule has 0 aliphatic rings. The van der Waals surface area contributed by atoms with Gasteiger partial charge in [0.25, 0.3) is 0 Å². The quantitative estimate of drug-likeness (QED) is 0.292. The van der Waals surface area contributed by atoms with Crippen LogP contribution in [0, 0.1) is 11.5 Å². The molecule has 0 fully saturated rings. The van der Waals surface area contributed by atoms with E-state index in [9.17, 15) is 5.11 Å². The normalized spacial score (nSPS) is 13.4. The summed E-state index contributed by atoms with van der Waals surface area (Å²) >= 11 is 0. The van der Waals surface area contributed by atoms with Crippen molar-refractivity contribution in [2.24, 2.45) is 0 Å². The molecule has 0 spiro atoms. The highest BCUT2D eigenvalue weighted by atomic mass is 28.4. The maximum absolute atomic E-state index is 9.30. The third-order valence-electron chi connectivity index (χ3n) is 5.10. The molecule has 0 rings (SSSR count). The number of aliphatic hydroxyl groups excluding tert-OH is 1. The van der Waals surface area contributed by atoms with Gasteiger partial charge < -0.3 is 9.53 Å². The Bertz CT molecular complexity index is 472. The number of hydrogen-bond acceptors (Lipinski definition) is 2. The van der Waals surface area contributed by atoms with Gasteiger partial charge in [-0.25, -0.2) is 0 Å². The van der Waals surface area contributed by atoms with E-state index in [1.165, 1.54) is 5.57 Å². The molecular formula is C21H40O2Si2. The summed E-state index contributed by atoms with van der Waals surface area (Å²) < 4.78 is 6.62. The van der Waals surface area contributed by atoms with Crippen molar-refractivity contribution in [2.45, 2.75) is 84.1 Å². The minimum absolute atomic E-state index is 0.0698. The van der Waals surface area contributed by atoms with Crippen molar-refractivity contribution >= 4 is 16.4 Å². The summed E-state index contributed by atoms with van der Waals surface area (Å²) in [6, 6.07) is 0. The fourth-order valence-electron chi connectivity index (χ4n) is 3.69. The zero-order valence-electron chi connectivity index (χ0n) is 17.8. The molecule has 0 saturated heterocycles. The van der Waals surface area contributed by atoms with E-state index in [-0.39, 0.29) is 6.61 Å². The average Bonchev–Trinajstić information content (AvgIpc) is 2.50. The summed E-state index contributed by atoms with van der Waals surface area (Å²) in [4.78, 5) is 0. The lowest BCUT2D eigenvalue weighted by atomic mass is 10.1. The smallest absolute Gasteiger partial charge is 0.200 e. The first-order valence-corrected chi connectivity index (χ1v) is 14.8. The number of rotatable bonds is 10. The lowest BCUT2D eigenvalue weighted by Gasteiger charge is -2.42. The van der Waals surface area contributed by atoms with E-state index >= 15 is 0 Å². The molecule has 0 aromatic heterocycles. The predicted molar refractivity (Wildman–Crippen MR) is 117 cm³/mol. The van der Waals surface area contributed by atoms with Crippen LogP contribution in [0.3, 0.4) is 0 Å². The van der Waals surface area contributed by atoms with Crippen LogP contribution in [0.4, 0.5) is 0 Å². The number of aliphatic hydroxyl groups is 1. The Morgan fingerprint density at radius 3 is 2.00 bits per heavy atom. The fourth-order valence-corrected chi connectivity index (χ4v) is 9.79. The molecule has 0 radical (unpaired) electrons. The molecule has 0 aliphatic carbocycles. The molecule has 0 heterocycles. The predicted octanol–water partition coefficient (Wildman–Crippen LogP) is 5.85. The van der Waals surface area contributed by atoms with Crippen LogP contribution in [0.5, 0.6) is 0 Å². The highest BCUT2D eigenvalue weighted by Crippen LogP contribution is 2.42. The Morgan fingerprint density at radius 1 is 1.08 bits per heavy atom. The maximum Gasteiger partial charge on any atom is 0.200 e. The van der Waals surface area contributed by atoms with Gasteiger partial charge in [-0.1, -0.05) is 72.0 Å². The van der Waals surface area contributed by atoms with Crippen molar-refractivity contribution < 1.29 is 9.53 Å². The van der Waals surface area contributed by atoms with Crippen LogP contribution in [-0.2, 0) is 4.43 Å². The second-order valence-corrected chi connectivity index (χ2v) is 17.9. The number of hydrogen-bond donors (Lipinski definition) is 1. The fraction of sp³-hybridized carbons (Fsp3) is 0.714. The Hall–Kier alpha value is -0.606. The molecule has 4 heteroatoms. The minimum Gasteiger partial charge on any atom is -0.416 e. The van der Waals surface area contributed by atoms with E-state index in [1.807, 2.05) is 11.8 Å². The Labute approximate surface area is 158 Å². The van der Waals surface area contributed by atoms with Crippen molar-refractivity contribution in [3.05, 3.63) is 23.9 Å². The van der Waals surface area contributed by atoms with Gasteiger partial charge in [0.05, 0.1) is 6.61 Å². The third-order valence-corrected chi connectivity index (χ3v) is 13.1. The highest BCUT2D eigenvalue weighted by Gasteiger charge is 2.44. The van der Waals surface area contributed by atoms with Crippen LogP contribution in [0.2, 0.25) is 29.7 Å². The van der Waals surface area contributed by atoms with E-state index in [2.05, 4.69) is 72.7 Å². The molecule has 144 valence electrons. The molecule has 0 atom stereocenters. The van der Waals surface area contributed by atoms with Crippen LogP contribution in [0.25, 0.3) is 0 Å². The molecule has 0 aliphatic heterocycles. The van der Waals surface area contributed by atoms with Crippen molar-refractivity contribution in [3.63, 3.8) is 0 Å². The van der Waals surface area contributed by atoms with Gasteiger partial charge in [0, 0.05) is 13.0 Å². The molecule has 0 amide bonds. The molecule has 0 unspecified atom stereocenters. The largest absolute Gasteiger partial charge is 0.416 e. The molecule has 25 heavy (non-hydrogen) atoms. The molecule has 0 aromatic carbocycles. The van der Waals surface area contributed by atoms with Gasteiger partial charge in [0.1, 0.15) is 0 Å². The molecule has 0 saturated carbocycles. The summed E-state index contributed by atoms with van der Waals surface area (Å²) in [5, 5.41) is 9.30. The third kappa shape index (κ3) is 7.66. The summed E-state index contributed by atoms with van der Waals surface area (Å²) in [6.07, 6.45) is 3.46. The first kappa shape index (κ1) is 24.4. The van der Waals surface area contributed by atoms with Gasteiger partial charge in [-0.15, -0.1) is 18.0 Å². The second kappa shape index (κ2) is 11.2. The second-order valence-electron chi connectivity index (χ2n) is 8.37. The lowest BCUT2D eigenvalue weighted by Crippen LogP contribution is -2.48. The summed E-state index contributed by atoms with van der Waals surface area (Å²) in [6.45, 7) is 22.9. The first-order chi connectivity index (χ1) is 11.5. The SMILES string of the molecule is C=C[Si](C)(C)C#CC/C(=C/CO)CCO[Si](C(C)C)(C(C)C)C(C)C. The van der Waals surface area contributed by atoms with Gasteiger partial charge in [0.2, 0.25) is 0 Å². The first-order valence-electron chi connectivity index (χ1n) is 9.59. The topological polar surface area (TPSA) is 29.5 Å². The van der Waals surface area contributed by atoms with Crippen LogP contribution in [0.1, 0.15) is 54.4 Å². The van der Waals surface area contributed by atoms with Crippen LogP contribution >= 0.6 is 0 Å². The average molecular weight is 381 g/mol. The van der Waals surface area contributed by atoms with Gasteiger partial charge in [-0.2, -0.15) is 0 Å². The molecule has 1 N–H and O–H groups in total. The van der Waals surface area contributed by atoms with Gasteiger partial charge in [0.15, 0.2) is 16.4 Å². The van der Waals surface area contributed by atoms with Gasteiger partial charge in [-0.3, -0.25) is 0 Å². The minimum atomic E-state index is -1.82. The van der Waals surface area contributed by atoms with Gasteiger partial charge >= 0.3 is 0 Å². The van der Waals surface area contributed by atoms with Crippen LogP contribution in [0.15, 0.2) is 23.9 Å². The molecular weight excluding hydrogens is 340 g/mol. The lowest BCUT2D eigenvalue weighted by molar-refractivity contribution is 0.279. The van der Waals surface area contributed by atoms with E-state index in [0.717, 1.165) is 13.0 Å². The van der Waals surface area contributed by atoms with E-state index < -0.39 is 16.4 Å². The maximum atomic E-state index is 9.30. The van der Waals surface area contributed by atoms with E-state index in [4.69, 9.17) is 4.43 Å².